The zero-order valence-electron chi connectivity index (χ0n) is 19.1. The monoisotopic (exact) mass is 477 g/mol. The minimum Gasteiger partial charge on any atom is -0.390 e. The minimum atomic E-state index is -3.95. The van der Waals surface area contributed by atoms with Gasteiger partial charge in [0, 0.05) is 6.54 Å². The van der Waals surface area contributed by atoms with E-state index in [0.717, 1.165) is 28.0 Å². The first-order chi connectivity index (χ1) is 14.9. The van der Waals surface area contributed by atoms with Gasteiger partial charge in [0.1, 0.15) is 10.6 Å². The molecule has 0 saturated carbocycles. The predicted octanol–water partition coefficient (Wildman–Crippen LogP) is 3.67. The smallest absolute Gasteiger partial charge is 0.252 e. The number of nitrogens with zero attached hydrogens (tertiary/aromatic N) is 2. The summed E-state index contributed by atoms with van der Waals surface area (Å²) in [5, 5.41) is 29.5. The summed E-state index contributed by atoms with van der Waals surface area (Å²) < 4.78 is 28.4. The van der Waals surface area contributed by atoms with Crippen molar-refractivity contribution in [1.82, 2.24) is 9.71 Å². The molecule has 1 atom stereocenters. The summed E-state index contributed by atoms with van der Waals surface area (Å²) in [7, 11) is -3.95. The molecule has 7 nitrogen and oxygen atoms in total. The quantitative estimate of drug-likeness (QED) is 0.449. The highest BCUT2D eigenvalue weighted by atomic mass is 32.2. The molecular weight excluding hydrogens is 446 g/mol. The topological polar surface area (TPSA) is 123 Å². The van der Waals surface area contributed by atoms with Crippen LogP contribution in [0.5, 0.6) is 0 Å². The first-order valence-corrected chi connectivity index (χ1v) is 12.7. The van der Waals surface area contributed by atoms with E-state index in [2.05, 4.69) is 22.4 Å². The van der Waals surface area contributed by atoms with Gasteiger partial charge in [-0.1, -0.05) is 32.9 Å². The Hall–Kier alpha value is -2.09. The number of hydrogen-bond acceptors (Lipinski definition) is 7. The lowest BCUT2D eigenvalue weighted by Gasteiger charge is -2.21. The summed E-state index contributed by atoms with van der Waals surface area (Å²) in [6.07, 6.45) is 2.21. The van der Waals surface area contributed by atoms with Gasteiger partial charge < -0.3 is 10.2 Å². The summed E-state index contributed by atoms with van der Waals surface area (Å²) in [6, 6.07) is 5.96. The van der Waals surface area contributed by atoms with E-state index in [1.807, 2.05) is 32.9 Å². The molecule has 0 saturated heterocycles. The second-order valence-corrected chi connectivity index (χ2v) is 11.5. The number of allylic oxidation sites excluding steroid dienone is 1. The Kier molecular flexibility index (Phi) is 8.37. The number of sulfonamides is 1. The number of aliphatic hydroxyl groups excluding tert-OH is 1. The SMILES string of the molecule is C=CC(C)c1ccc(C#N)c(C(C)C)c1CCNS(=O)(=O)c1sc(C(C)(C)O)nc1CO. The number of aromatic nitrogens is 1. The van der Waals surface area contributed by atoms with Crippen molar-refractivity contribution in [2.75, 3.05) is 6.54 Å². The number of aliphatic hydroxyl groups is 2. The summed E-state index contributed by atoms with van der Waals surface area (Å²) in [6.45, 7) is 12.5. The van der Waals surface area contributed by atoms with Gasteiger partial charge in [0.25, 0.3) is 10.0 Å². The average Bonchev–Trinajstić information content (AvgIpc) is 3.18. The molecule has 0 aliphatic rings. The van der Waals surface area contributed by atoms with Crippen LogP contribution >= 0.6 is 11.3 Å². The molecule has 0 fully saturated rings. The highest BCUT2D eigenvalue weighted by molar-refractivity contribution is 7.91. The molecule has 0 spiro atoms. The maximum atomic E-state index is 13.0. The largest absolute Gasteiger partial charge is 0.390 e. The number of nitrogens with one attached hydrogen (secondary N) is 1. The normalized spacial score (nSPS) is 13.2. The van der Waals surface area contributed by atoms with Crippen molar-refractivity contribution in [3.05, 3.63) is 57.7 Å². The molecule has 174 valence electrons. The maximum Gasteiger partial charge on any atom is 0.252 e. The van der Waals surface area contributed by atoms with Gasteiger partial charge in [0.2, 0.25) is 0 Å². The molecule has 32 heavy (non-hydrogen) atoms. The van der Waals surface area contributed by atoms with Crippen molar-refractivity contribution < 1.29 is 18.6 Å². The van der Waals surface area contributed by atoms with Gasteiger partial charge >= 0.3 is 0 Å². The molecule has 2 rings (SSSR count). The fourth-order valence-corrected chi connectivity index (χ4v) is 6.14. The van der Waals surface area contributed by atoms with Crippen molar-refractivity contribution >= 4 is 21.4 Å². The van der Waals surface area contributed by atoms with Gasteiger partial charge in [-0.25, -0.2) is 18.1 Å². The zero-order valence-corrected chi connectivity index (χ0v) is 20.8. The molecule has 1 aromatic carbocycles. The van der Waals surface area contributed by atoms with Crippen LogP contribution in [0.25, 0.3) is 0 Å². The Balaban J connectivity index is 2.38. The summed E-state index contributed by atoms with van der Waals surface area (Å²) >= 11 is 0.842. The standard InChI is InChI=1S/C23H31N3O4S2/c1-7-15(4)17-9-8-16(12-24)20(14(2)3)18(17)10-11-25-32(29,30)21-19(13-27)26-22(31-21)23(5,6)28/h7-9,14-15,25,27-28H,1,10-11,13H2,2-6H3. The first kappa shape index (κ1) is 26.2. The van der Waals surface area contributed by atoms with Crippen molar-refractivity contribution in [2.24, 2.45) is 0 Å². The fraction of sp³-hybridized carbons (Fsp3) is 0.478. The van der Waals surface area contributed by atoms with Crippen LogP contribution in [0.2, 0.25) is 0 Å². The number of hydrogen-bond donors (Lipinski definition) is 3. The molecule has 0 aliphatic carbocycles. The second-order valence-electron chi connectivity index (χ2n) is 8.50. The Morgan fingerprint density at radius 3 is 2.50 bits per heavy atom. The third-order valence-corrected chi connectivity index (χ3v) is 8.60. The van der Waals surface area contributed by atoms with Gasteiger partial charge in [0.15, 0.2) is 4.21 Å². The number of rotatable bonds is 10. The van der Waals surface area contributed by atoms with Crippen molar-refractivity contribution in [3.8, 4) is 6.07 Å². The lowest BCUT2D eigenvalue weighted by Crippen LogP contribution is -2.27. The van der Waals surface area contributed by atoms with Crippen LogP contribution < -0.4 is 4.72 Å². The molecule has 1 unspecified atom stereocenters. The molecular formula is C23H31N3O4S2. The van der Waals surface area contributed by atoms with Gasteiger partial charge in [-0.15, -0.1) is 17.9 Å². The zero-order chi connectivity index (χ0) is 24.3. The van der Waals surface area contributed by atoms with Gasteiger partial charge in [0.05, 0.1) is 23.9 Å². The Labute approximate surface area is 194 Å². The average molecular weight is 478 g/mol. The predicted molar refractivity (Wildman–Crippen MR) is 126 cm³/mol. The van der Waals surface area contributed by atoms with E-state index in [4.69, 9.17) is 0 Å². The van der Waals surface area contributed by atoms with E-state index in [0.29, 0.717) is 12.0 Å². The van der Waals surface area contributed by atoms with Crippen LogP contribution in [0, 0.1) is 11.3 Å². The van der Waals surface area contributed by atoms with Gasteiger partial charge in [-0.2, -0.15) is 5.26 Å². The lowest BCUT2D eigenvalue weighted by atomic mass is 9.84. The summed E-state index contributed by atoms with van der Waals surface area (Å²) in [5.74, 6) is 0.133. The molecule has 3 N–H and O–H groups in total. The Bertz CT molecular complexity index is 1120. The Morgan fingerprint density at radius 2 is 2.00 bits per heavy atom. The molecule has 1 aromatic heterocycles. The third-order valence-electron chi connectivity index (χ3n) is 5.18. The third kappa shape index (κ3) is 5.63. The van der Waals surface area contributed by atoms with Crippen molar-refractivity contribution in [2.45, 2.75) is 69.3 Å². The number of benzene rings is 1. The van der Waals surface area contributed by atoms with Crippen molar-refractivity contribution in [1.29, 1.82) is 5.26 Å². The maximum absolute atomic E-state index is 13.0. The van der Waals surface area contributed by atoms with E-state index in [1.54, 1.807) is 6.07 Å². The summed E-state index contributed by atoms with van der Waals surface area (Å²) in [4.78, 5) is 4.09. The van der Waals surface area contributed by atoms with E-state index in [9.17, 15) is 23.9 Å². The number of nitriles is 1. The molecule has 0 aliphatic heterocycles. The van der Waals surface area contributed by atoms with E-state index >= 15 is 0 Å². The van der Waals surface area contributed by atoms with Crippen LogP contribution in [0.4, 0.5) is 0 Å². The van der Waals surface area contributed by atoms with Crippen molar-refractivity contribution in [3.63, 3.8) is 0 Å². The molecule has 0 amide bonds. The molecule has 2 aromatic rings. The highest BCUT2D eigenvalue weighted by Gasteiger charge is 2.29. The number of thiazole rings is 1. The van der Waals surface area contributed by atoms with Gasteiger partial charge in [-0.05, 0) is 54.9 Å². The molecule has 0 radical (unpaired) electrons. The van der Waals surface area contributed by atoms with Crippen LogP contribution in [0.3, 0.4) is 0 Å². The van der Waals surface area contributed by atoms with Crippen LogP contribution in [-0.2, 0) is 28.7 Å². The van der Waals surface area contributed by atoms with Crippen LogP contribution in [0.15, 0.2) is 29.0 Å². The molecule has 0 bridgehead atoms. The fourth-order valence-electron chi connectivity index (χ4n) is 3.56. The van der Waals surface area contributed by atoms with E-state index < -0.39 is 22.2 Å². The van der Waals surface area contributed by atoms with Crippen LogP contribution in [-0.4, -0.2) is 30.2 Å². The highest BCUT2D eigenvalue weighted by Crippen LogP contribution is 2.33. The lowest BCUT2D eigenvalue weighted by molar-refractivity contribution is 0.0779. The first-order valence-electron chi connectivity index (χ1n) is 10.4. The second kappa shape index (κ2) is 10.2. The van der Waals surface area contributed by atoms with E-state index in [1.165, 1.54) is 13.8 Å². The minimum absolute atomic E-state index is 0.00920. The van der Waals surface area contributed by atoms with Gasteiger partial charge in [-0.3, -0.25) is 0 Å². The van der Waals surface area contributed by atoms with E-state index in [-0.39, 0.29) is 33.3 Å². The Morgan fingerprint density at radius 1 is 1.34 bits per heavy atom. The molecule has 9 heteroatoms. The summed E-state index contributed by atoms with van der Waals surface area (Å²) in [5.41, 5.74) is 2.14. The molecule has 1 heterocycles. The van der Waals surface area contributed by atoms with Crippen LogP contribution in [0.1, 0.15) is 79.4 Å².